The Labute approximate surface area is 62.1 Å². The minimum Gasteiger partial charge on any atom is -0.212 e. The van der Waals surface area contributed by atoms with Gasteiger partial charge in [-0.1, -0.05) is 0 Å². The van der Waals surface area contributed by atoms with Gasteiger partial charge >= 0.3 is 0 Å². The summed E-state index contributed by atoms with van der Waals surface area (Å²) in [6.45, 7) is 0. The number of hydrazone groups is 1. The number of nitrogens with one attached hydrogen (secondary N) is 1. The van der Waals surface area contributed by atoms with E-state index in [1.54, 1.807) is 16.4 Å². The van der Waals surface area contributed by atoms with Crippen LogP contribution in [-0.4, -0.2) is 10.2 Å². The lowest BCUT2D eigenvalue weighted by Gasteiger charge is -2.09. The fraction of sp³-hybridized carbons (Fsp3) is 0. The lowest BCUT2D eigenvalue weighted by molar-refractivity contribution is 0.483. The Morgan fingerprint density at radius 1 is 1.62 bits per heavy atom. The highest BCUT2D eigenvalue weighted by atomic mass is 79.9. The molecule has 0 amide bonds. The molecule has 0 saturated heterocycles. The van der Waals surface area contributed by atoms with E-state index in [-0.39, 0.29) is 12.4 Å². The Hall–Kier alpha value is -0.220. The maximum atomic E-state index is 3.68. The van der Waals surface area contributed by atoms with E-state index in [9.17, 15) is 0 Å². The van der Waals surface area contributed by atoms with Crippen molar-refractivity contribution >= 4 is 34.8 Å². The average molecular weight is 198 g/mol. The maximum absolute atomic E-state index is 3.68. The average Bonchev–Trinajstić information content (AvgIpc) is 1.69. The lowest BCUT2D eigenvalue weighted by atomic mass is 10.7. The van der Waals surface area contributed by atoms with Gasteiger partial charge in [0.1, 0.15) is 0 Å². The van der Waals surface area contributed by atoms with Gasteiger partial charge in [0.05, 0.1) is 22.4 Å². The molecule has 3 nitrogen and oxygen atoms in total. The van der Waals surface area contributed by atoms with E-state index in [0.29, 0.717) is 0 Å². The predicted molar refractivity (Wildman–Crippen MR) is 38.8 cm³/mol. The second-order valence-electron chi connectivity index (χ2n) is 1.03. The van der Waals surface area contributed by atoms with Gasteiger partial charge in [0.25, 0.3) is 0 Å². The number of hydrogen-bond acceptors (Lipinski definition) is 3. The van der Waals surface area contributed by atoms with Crippen LogP contribution in [0, 0.1) is 0 Å². The van der Waals surface area contributed by atoms with Crippen molar-refractivity contribution in [3.8, 4) is 0 Å². The molecule has 0 aromatic carbocycles. The van der Waals surface area contributed by atoms with E-state index in [1.807, 2.05) is 6.08 Å². The Balaban J connectivity index is 0.000000490. The minimum absolute atomic E-state index is 0. The van der Waals surface area contributed by atoms with Crippen molar-refractivity contribution in [1.29, 1.82) is 0 Å². The Kier molecular flexibility index (Phi) is 3.64. The van der Waals surface area contributed by atoms with Crippen molar-refractivity contribution in [3.05, 3.63) is 12.3 Å². The van der Waals surface area contributed by atoms with Gasteiger partial charge in [0, 0.05) is 6.20 Å². The van der Waals surface area contributed by atoms with Crippen LogP contribution in [0.5, 0.6) is 0 Å². The van der Waals surface area contributed by atoms with Crippen LogP contribution in [-0.2, 0) is 0 Å². The summed E-state index contributed by atoms with van der Waals surface area (Å²) in [6.07, 6.45) is 5.27. The summed E-state index contributed by atoms with van der Waals surface area (Å²) in [4.78, 5) is 0. The van der Waals surface area contributed by atoms with Crippen molar-refractivity contribution < 1.29 is 0 Å². The second kappa shape index (κ2) is 3.74. The van der Waals surface area contributed by atoms with Crippen molar-refractivity contribution in [2.45, 2.75) is 0 Å². The zero-order valence-electron chi connectivity index (χ0n) is 3.91. The maximum Gasteiger partial charge on any atom is 0.0737 e. The van der Waals surface area contributed by atoms with E-state index in [1.165, 1.54) is 0 Å². The zero-order valence-corrected chi connectivity index (χ0v) is 6.32. The SMILES string of the molecule is BrN1C=CC=NN1.Cl. The topological polar surface area (TPSA) is 27.6 Å². The minimum atomic E-state index is 0. The molecule has 0 fully saturated rings. The van der Waals surface area contributed by atoms with Crippen molar-refractivity contribution in [1.82, 2.24) is 9.57 Å². The summed E-state index contributed by atoms with van der Waals surface area (Å²) in [6, 6.07) is 0. The molecule has 1 aliphatic rings. The fourth-order valence-electron chi connectivity index (χ4n) is 0.279. The van der Waals surface area contributed by atoms with E-state index in [0.717, 1.165) is 0 Å². The van der Waals surface area contributed by atoms with Crippen LogP contribution in [0.15, 0.2) is 17.4 Å². The van der Waals surface area contributed by atoms with Crippen molar-refractivity contribution in [2.24, 2.45) is 5.10 Å². The third kappa shape index (κ3) is 2.18. The summed E-state index contributed by atoms with van der Waals surface area (Å²) >= 11 is 3.11. The van der Waals surface area contributed by atoms with E-state index in [2.05, 4.69) is 26.8 Å². The van der Waals surface area contributed by atoms with Gasteiger partial charge in [-0.05, 0) is 6.08 Å². The second-order valence-corrected chi connectivity index (χ2v) is 1.80. The van der Waals surface area contributed by atoms with Crippen LogP contribution < -0.4 is 5.53 Å². The van der Waals surface area contributed by atoms with Crippen LogP contribution in [0.3, 0.4) is 0 Å². The number of hydrazine groups is 1. The highest BCUT2D eigenvalue weighted by molar-refractivity contribution is 9.07. The van der Waals surface area contributed by atoms with Gasteiger partial charge in [-0.15, -0.1) is 12.4 Å². The zero-order chi connectivity index (χ0) is 5.11. The smallest absolute Gasteiger partial charge is 0.0737 e. The van der Waals surface area contributed by atoms with Crippen molar-refractivity contribution in [3.63, 3.8) is 0 Å². The standard InChI is InChI=1S/C3H4BrN3.ClH/c4-7-3-1-2-5-6-7;/h1-3,6H;1H. The molecule has 1 heterocycles. The van der Waals surface area contributed by atoms with E-state index >= 15 is 0 Å². The first-order valence-corrected chi connectivity index (χ1v) is 2.51. The number of hydrogen-bond donors (Lipinski definition) is 1. The molecule has 0 aromatic heterocycles. The Morgan fingerprint density at radius 3 is 2.62 bits per heavy atom. The van der Waals surface area contributed by atoms with Gasteiger partial charge in [-0.25, -0.2) is 9.57 Å². The van der Waals surface area contributed by atoms with Crippen LogP contribution in [0.1, 0.15) is 0 Å². The van der Waals surface area contributed by atoms with Crippen LogP contribution >= 0.6 is 28.6 Å². The quantitative estimate of drug-likeness (QED) is 0.589. The molecule has 0 aromatic rings. The Bertz CT molecular complexity index is 113. The monoisotopic (exact) mass is 197 g/mol. The predicted octanol–water partition coefficient (Wildman–Crippen LogP) is 1.04. The summed E-state index contributed by atoms with van der Waals surface area (Å²) in [5, 5.41) is 3.68. The summed E-state index contributed by atoms with van der Waals surface area (Å²) in [5.41, 5.74) is 2.61. The molecule has 1 rings (SSSR count). The molecule has 1 N–H and O–H groups in total. The van der Waals surface area contributed by atoms with Crippen LogP contribution in [0.4, 0.5) is 0 Å². The van der Waals surface area contributed by atoms with Crippen LogP contribution in [0.25, 0.3) is 0 Å². The molecular formula is C3H5BrClN3. The number of rotatable bonds is 0. The van der Waals surface area contributed by atoms with E-state index < -0.39 is 0 Å². The van der Waals surface area contributed by atoms with Gasteiger partial charge in [0.2, 0.25) is 0 Å². The third-order valence-corrected chi connectivity index (χ3v) is 0.926. The van der Waals surface area contributed by atoms with Gasteiger partial charge in [-0.3, -0.25) is 0 Å². The first kappa shape index (κ1) is 7.78. The summed E-state index contributed by atoms with van der Waals surface area (Å²) in [7, 11) is 0. The molecule has 46 valence electrons. The third-order valence-electron chi connectivity index (χ3n) is 0.531. The highest BCUT2D eigenvalue weighted by Gasteiger charge is 1.87. The normalized spacial score (nSPS) is 14.9. The summed E-state index contributed by atoms with van der Waals surface area (Å²) < 4.78 is 1.58. The number of halogens is 2. The van der Waals surface area contributed by atoms with E-state index in [4.69, 9.17) is 0 Å². The van der Waals surface area contributed by atoms with Crippen molar-refractivity contribution in [2.75, 3.05) is 0 Å². The molecule has 0 radical (unpaired) electrons. The summed E-state index contributed by atoms with van der Waals surface area (Å²) in [5.74, 6) is 0. The van der Waals surface area contributed by atoms with Crippen LogP contribution in [0.2, 0.25) is 0 Å². The molecule has 5 heteroatoms. The lowest BCUT2D eigenvalue weighted by Crippen LogP contribution is -2.20. The first-order valence-electron chi connectivity index (χ1n) is 1.80. The Morgan fingerprint density at radius 2 is 2.38 bits per heavy atom. The molecule has 0 unspecified atom stereocenters. The van der Waals surface area contributed by atoms with Gasteiger partial charge in [-0.2, -0.15) is 5.10 Å². The molecule has 0 aliphatic carbocycles. The molecule has 0 spiro atoms. The molecular weight excluding hydrogens is 193 g/mol. The molecule has 0 bridgehead atoms. The first-order chi connectivity index (χ1) is 3.39. The number of nitrogens with zero attached hydrogens (tertiary/aromatic N) is 2. The molecule has 0 saturated carbocycles. The molecule has 0 atom stereocenters. The largest absolute Gasteiger partial charge is 0.212 e. The van der Waals surface area contributed by atoms with Gasteiger partial charge in [0.15, 0.2) is 0 Å². The molecule has 1 aliphatic heterocycles. The highest BCUT2D eigenvalue weighted by Crippen LogP contribution is 1.94. The molecule has 8 heavy (non-hydrogen) atoms. The van der Waals surface area contributed by atoms with Gasteiger partial charge < -0.3 is 0 Å². The number of allylic oxidation sites excluding steroid dienone is 1. The fourth-order valence-corrected chi connectivity index (χ4v) is 0.507.